The van der Waals surface area contributed by atoms with E-state index in [1.54, 1.807) is 29.2 Å². The minimum absolute atomic E-state index is 0.102. The highest BCUT2D eigenvalue weighted by atomic mass is 16.3. The molecule has 2 aliphatic rings. The standard InChI is InChI=1S/C26H27N5O3/c32-23(16-30-11-8-18-3-1-2-4-21(18)15-30)17-31-12-9-19-13-20(5-6-24(19)26(31)34)25(33)29-22-7-10-27-28-14-22/h1-7,10,13-14,23,32H,8-9,11-12,15-17H2,(H,27,29,33). The van der Waals surface area contributed by atoms with Gasteiger partial charge < -0.3 is 15.3 Å². The predicted octanol–water partition coefficient (Wildman–Crippen LogP) is 2.15. The number of aromatic nitrogens is 2. The highest BCUT2D eigenvalue weighted by molar-refractivity contribution is 6.05. The molecule has 1 aromatic heterocycles. The molecule has 3 aromatic rings. The molecule has 1 atom stereocenters. The number of amides is 2. The fourth-order valence-electron chi connectivity index (χ4n) is 4.74. The second-order valence-corrected chi connectivity index (χ2v) is 8.87. The summed E-state index contributed by atoms with van der Waals surface area (Å²) in [5.74, 6) is -0.362. The Kier molecular flexibility index (Phi) is 6.33. The Morgan fingerprint density at radius 1 is 1.00 bits per heavy atom. The normalized spacial score (nSPS) is 16.5. The Bertz CT molecular complexity index is 1200. The second-order valence-electron chi connectivity index (χ2n) is 8.87. The quantitative estimate of drug-likeness (QED) is 0.589. The summed E-state index contributed by atoms with van der Waals surface area (Å²) in [6, 6.07) is 15.2. The van der Waals surface area contributed by atoms with E-state index in [1.165, 1.54) is 23.5 Å². The van der Waals surface area contributed by atoms with Crippen LogP contribution in [-0.4, -0.2) is 69.2 Å². The number of carbonyl (C=O) groups excluding carboxylic acids is 2. The lowest BCUT2D eigenvalue weighted by Gasteiger charge is -2.34. The average molecular weight is 458 g/mol. The fraction of sp³-hybridized carbons (Fsp3) is 0.308. The fourth-order valence-corrected chi connectivity index (χ4v) is 4.74. The summed E-state index contributed by atoms with van der Waals surface area (Å²) in [6.45, 7) is 3.09. The molecule has 1 unspecified atom stereocenters. The van der Waals surface area contributed by atoms with E-state index in [4.69, 9.17) is 0 Å². The van der Waals surface area contributed by atoms with Crippen LogP contribution in [0.5, 0.6) is 0 Å². The first-order chi connectivity index (χ1) is 16.6. The molecule has 0 saturated heterocycles. The van der Waals surface area contributed by atoms with Gasteiger partial charge in [-0.3, -0.25) is 14.5 Å². The summed E-state index contributed by atoms with van der Waals surface area (Å²) < 4.78 is 0. The maximum absolute atomic E-state index is 13.1. The van der Waals surface area contributed by atoms with Gasteiger partial charge in [0.25, 0.3) is 11.8 Å². The summed E-state index contributed by atoms with van der Waals surface area (Å²) in [5, 5.41) is 21.0. The van der Waals surface area contributed by atoms with Crippen molar-refractivity contribution in [3.05, 3.63) is 88.7 Å². The number of carbonyl (C=O) groups is 2. The van der Waals surface area contributed by atoms with Crippen molar-refractivity contribution in [3.63, 3.8) is 0 Å². The highest BCUT2D eigenvalue weighted by Gasteiger charge is 2.28. The molecule has 8 nitrogen and oxygen atoms in total. The molecule has 0 spiro atoms. The molecule has 174 valence electrons. The molecule has 0 saturated carbocycles. The van der Waals surface area contributed by atoms with Crippen LogP contribution in [0.15, 0.2) is 60.9 Å². The molecule has 3 heterocycles. The summed E-state index contributed by atoms with van der Waals surface area (Å²) >= 11 is 0. The van der Waals surface area contributed by atoms with Gasteiger partial charge in [0, 0.05) is 43.9 Å². The van der Waals surface area contributed by atoms with Crippen LogP contribution in [-0.2, 0) is 19.4 Å². The van der Waals surface area contributed by atoms with E-state index in [1.807, 2.05) is 6.07 Å². The van der Waals surface area contributed by atoms with E-state index in [2.05, 4.69) is 38.6 Å². The van der Waals surface area contributed by atoms with Crippen LogP contribution in [0, 0.1) is 0 Å². The van der Waals surface area contributed by atoms with Crippen molar-refractivity contribution in [2.24, 2.45) is 0 Å². The monoisotopic (exact) mass is 457 g/mol. The number of anilines is 1. The molecule has 2 aliphatic heterocycles. The van der Waals surface area contributed by atoms with Gasteiger partial charge in [-0.1, -0.05) is 24.3 Å². The van der Waals surface area contributed by atoms with Crippen LogP contribution < -0.4 is 5.32 Å². The molecule has 34 heavy (non-hydrogen) atoms. The number of nitrogens with one attached hydrogen (secondary N) is 1. The number of fused-ring (bicyclic) bond motifs is 2. The van der Waals surface area contributed by atoms with E-state index in [0.717, 1.165) is 25.1 Å². The zero-order chi connectivity index (χ0) is 23.5. The van der Waals surface area contributed by atoms with Crippen LogP contribution >= 0.6 is 0 Å². The SMILES string of the molecule is O=C(Nc1ccnnc1)c1ccc2c(c1)CCN(CC(O)CN1CCc3ccccc3C1)C2=O. The maximum atomic E-state index is 13.1. The Morgan fingerprint density at radius 3 is 2.65 bits per heavy atom. The molecule has 0 radical (unpaired) electrons. The smallest absolute Gasteiger partial charge is 0.255 e. The molecule has 0 aliphatic carbocycles. The number of β-amino-alcohol motifs (C(OH)–C–C–N with tert-alkyl or cyclic N) is 1. The molecular formula is C26H27N5O3. The zero-order valence-electron chi connectivity index (χ0n) is 18.9. The summed E-state index contributed by atoms with van der Waals surface area (Å²) in [6.07, 6.45) is 3.99. The maximum Gasteiger partial charge on any atom is 0.255 e. The number of hydrogen-bond donors (Lipinski definition) is 2. The number of aliphatic hydroxyl groups is 1. The van der Waals surface area contributed by atoms with Gasteiger partial charge in [0.1, 0.15) is 0 Å². The molecule has 2 N–H and O–H groups in total. The van der Waals surface area contributed by atoms with Crippen molar-refractivity contribution in [2.75, 3.05) is 31.5 Å². The van der Waals surface area contributed by atoms with Crippen molar-refractivity contribution in [1.29, 1.82) is 0 Å². The van der Waals surface area contributed by atoms with Crippen molar-refractivity contribution in [2.45, 2.75) is 25.5 Å². The van der Waals surface area contributed by atoms with Gasteiger partial charge in [-0.15, -0.1) is 0 Å². The number of rotatable bonds is 6. The minimum Gasteiger partial charge on any atom is -0.390 e. The third kappa shape index (κ3) is 4.83. The van der Waals surface area contributed by atoms with E-state index < -0.39 is 6.10 Å². The number of hydrogen-bond acceptors (Lipinski definition) is 6. The van der Waals surface area contributed by atoms with Crippen LogP contribution in [0.4, 0.5) is 5.69 Å². The Labute approximate surface area is 198 Å². The van der Waals surface area contributed by atoms with Crippen LogP contribution in [0.2, 0.25) is 0 Å². The third-order valence-corrected chi connectivity index (χ3v) is 6.49. The molecule has 2 amide bonds. The highest BCUT2D eigenvalue weighted by Crippen LogP contribution is 2.22. The van der Waals surface area contributed by atoms with Crippen LogP contribution in [0.25, 0.3) is 0 Å². The van der Waals surface area contributed by atoms with Gasteiger partial charge in [0.15, 0.2) is 0 Å². The van der Waals surface area contributed by atoms with Crippen molar-refractivity contribution in [3.8, 4) is 0 Å². The first-order valence-corrected chi connectivity index (χ1v) is 11.5. The van der Waals surface area contributed by atoms with E-state index >= 15 is 0 Å². The molecule has 0 fully saturated rings. The second kappa shape index (κ2) is 9.70. The van der Waals surface area contributed by atoms with Gasteiger partial charge in [-0.2, -0.15) is 10.2 Å². The summed E-state index contributed by atoms with van der Waals surface area (Å²) in [4.78, 5) is 29.6. The first kappa shape index (κ1) is 22.2. The van der Waals surface area contributed by atoms with E-state index in [-0.39, 0.29) is 11.8 Å². The Balaban J connectivity index is 1.19. The lowest BCUT2D eigenvalue weighted by molar-refractivity contribution is 0.0492. The third-order valence-electron chi connectivity index (χ3n) is 6.49. The van der Waals surface area contributed by atoms with Crippen molar-refractivity contribution in [1.82, 2.24) is 20.0 Å². The number of benzene rings is 2. The minimum atomic E-state index is -0.616. The Morgan fingerprint density at radius 2 is 1.82 bits per heavy atom. The predicted molar refractivity (Wildman–Crippen MR) is 127 cm³/mol. The van der Waals surface area contributed by atoms with Gasteiger partial charge >= 0.3 is 0 Å². The van der Waals surface area contributed by atoms with Crippen LogP contribution in [0.3, 0.4) is 0 Å². The summed E-state index contributed by atoms with van der Waals surface area (Å²) in [7, 11) is 0. The molecule has 5 rings (SSSR count). The van der Waals surface area contributed by atoms with Crippen LogP contribution in [0.1, 0.15) is 37.4 Å². The van der Waals surface area contributed by atoms with Gasteiger partial charge in [-0.05, 0) is 53.8 Å². The lowest BCUT2D eigenvalue weighted by Crippen LogP contribution is -2.46. The molecular weight excluding hydrogens is 430 g/mol. The first-order valence-electron chi connectivity index (χ1n) is 11.5. The number of nitrogens with zero attached hydrogens (tertiary/aromatic N) is 4. The van der Waals surface area contributed by atoms with Gasteiger partial charge in [0.05, 0.1) is 24.2 Å². The van der Waals surface area contributed by atoms with E-state index in [0.29, 0.717) is 42.9 Å². The van der Waals surface area contributed by atoms with Crippen molar-refractivity contribution >= 4 is 17.5 Å². The number of aliphatic hydroxyl groups excluding tert-OH is 1. The zero-order valence-corrected chi connectivity index (χ0v) is 18.9. The lowest BCUT2D eigenvalue weighted by atomic mass is 9.96. The molecule has 8 heteroatoms. The van der Waals surface area contributed by atoms with Crippen molar-refractivity contribution < 1.29 is 14.7 Å². The average Bonchev–Trinajstić information content (AvgIpc) is 2.86. The molecule has 2 aromatic carbocycles. The summed E-state index contributed by atoms with van der Waals surface area (Å²) in [5.41, 5.74) is 5.18. The topological polar surface area (TPSA) is 98.7 Å². The molecule has 0 bridgehead atoms. The van der Waals surface area contributed by atoms with Gasteiger partial charge in [-0.25, -0.2) is 0 Å². The van der Waals surface area contributed by atoms with Gasteiger partial charge in [0.2, 0.25) is 0 Å². The van der Waals surface area contributed by atoms with E-state index in [9.17, 15) is 14.7 Å². The Hall–Kier alpha value is -3.62. The largest absolute Gasteiger partial charge is 0.390 e.